The van der Waals surface area contributed by atoms with Gasteiger partial charge in [-0.3, -0.25) is 4.79 Å². The number of nitrogens with zero attached hydrogens (tertiary/aromatic N) is 2. The van der Waals surface area contributed by atoms with Gasteiger partial charge in [0.25, 0.3) is 0 Å². The lowest BCUT2D eigenvalue weighted by Gasteiger charge is -2.36. The molecule has 0 aliphatic carbocycles. The molecule has 0 spiro atoms. The second kappa shape index (κ2) is 10.7. The Bertz CT molecular complexity index is 825. The lowest BCUT2D eigenvalue weighted by atomic mass is 9.92. The van der Waals surface area contributed by atoms with Crippen LogP contribution >= 0.6 is 0 Å². The average molecular weight is 424 g/mol. The Morgan fingerprint density at radius 1 is 0.935 bits per heavy atom. The molecule has 3 rings (SSSR count). The quantitative estimate of drug-likeness (QED) is 0.654. The van der Waals surface area contributed by atoms with Gasteiger partial charge in [-0.1, -0.05) is 52.0 Å². The number of rotatable bonds is 8. The third kappa shape index (κ3) is 6.01. The third-order valence-electron chi connectivity index (χ3n) is 6.46. The molecule has 0 radical (unpaired) electrons. The third-order valence-corrected chi connectivity index (χ3v) is 6.46. The summed E-state index contributed by atoms with van der Waals surface area (Å²) in [5.41, 5.74) is 3.70. The first-order valence-corrected chi connectivity index (χ1v) is 11.5. The molecule has 0 saturated carbocycles. The zero-order valence-corrected chi connectivity index (χ0v) is 19.3. The van der Waals surface area contributed by atoms with Crippen molar-refractivity contribution in [1.82, 2.24) is 10.2 Å². The molecule has 2 N–H and O–H groups in total. The standard InChI is InChI=1S/C26H37N3O2/c1-5-20(4)21-6-8-22(9-7-21)26(19(2)3)27-18-25(31)29-16-14-28(15-17-29)23-10-12-24(30)13-11-23/h6-13,19-20,26-27,30H,5,14-18H2,1-4H3/t20-,26-/m1/s1. The molecule has 2 aromatic carbocycles. The maximum atomic E-state index is 12.8. The van der Waals surface area contributed by atoms with Crippen LogP contribution in [0.4, 0.5) is 5.69 Å². The molecule has 1 fully saturated rings. The predicted octanol–water partition coefficient (Wildman–Crippen LogP) is 4.54. The summed E-state index contributed by atoms with van der Waals surface area (Å²) in [6, 6.07) is 16.3. The van der Waals surface area contributed by atoms with E-state index in [9.17, 15) is 9.90 Å². The van der Waals surface area contributed by atoms with E-state index >= 15 is 0 Å². The summed E-state index contributed by atoms with van der Waals surface area (Å²) in [6.45, 7) is 12.3. The second-order valence-electron chi connectivity index (χ2n) is 8.96. The average Bonchev–Trinajstić information content (AvgIpc) is 2.79. The van der Waals surface area contributed by atoms with Crippen LogP contribution in [-0.2, 0) is 4.79 Å². The van der Waals surface area contributed by atoms with E-state index in [-0.39, 0.29) is 17.7 Å². The fraction of sp³-hybridized carbons (Fsp3) is 0.500. The van der Waals surface area contributed by atoms with Crippen LogP contribution in [-0.4, -0.2) is 48.6 Å². The normalized spacial score (nSPS) is 16.4. The van der Waals surface area contributed by atoms with Crippen molar-refractivity contribution in [1.29, 1.82) is 0 Å². The summed E-state index contributed by atoms with van der Waals surface area (Å²) in [6.07, 6.45) is 1.14. The molecular weight excluding hydrogens is 386 g/mol. The number of carbonyl (C=O) groups excluding carboxylic acids is 1. The Labute approximate surface area is 187 Å². The molecule has 1 saturated heterocycles. The van der Waals surface area contributed by atoms with Crippen LogP contribution in [0.3, 0.4) is 0 Å². The van der Waals surface area contributed by atoms with E-state index in [0.717, 1.165) is 38.3 Å². The van der Waals surface area contributed by atoms with Crippen molar-refractivity contribution < 1.29 is 9.90 Å². The SMILES string of the molecule is CC[C@@H](C)c1ccc([C@H](NCC(=O)N2CCN(c3ccc(O)cc3)CC2)C(C)C)cc1. The summed E-state index contributed by atoms with van der Waals surface area (Å²) in [7, 11) is 0. The molecule has 1 heterocycles. The van der Waals surface area contributed by atoms with E-state index in [1.54, 1.807) is 12.1 Å². The van der Waals surface area contributed by atoms with Crippen molar-refractivity contribution in [2.24, 2.45) is 5.92 Å². The lowest BCUT2D eigenvalue weighted by Crippen LogP contribution is -2.51. The van der Waals surface area contributed by atoms with Crippen LogP contribution in [0.25, 0.3) is 0 Å². The van der Waals surface area contributed by atoms with Gasteiger partial charge in [0, 0.05) is 37.9 Å². The molecule has 1 amide bonds. The lowest BCUT2D eigenvalue weighted by molar-refractivity contribution is -0.130. The summed E-state index contributed by atoms with van der Waals surface area (Å²) in [5.74, 6) is 1.40. The van der Waals surface area contributed by atoms with Crippen molar-refractivity contribution in [3.8, 4) is 5.75 Å². The highest BCUT2D eigenvalue weighted by Crippen LogP contribution is 2.25. The number of anilines is 1. The summed E-state index contributed by atoms with van der Waals surface area (Å²) in [4.78, 5) is 17.0. The second-order valence-corrected chi connectivity index (χ2v) is 8.96. The number of carbonyl (C=O) groups is 1. The smallest absolute Gasteiger partial charge is 0.236 e. The van der Waals surface area contributed by atoms with Crippen molar-refractivity contribution >= 4 is 11.6 Å². The number of hydrogen-bond donors (Lipinski definition) is 2. The predicted molar refractivity (Wildman–Crippen MR) is 128 cm³/mol. The number of aromatic hydroxyl groups is 1. The van der Waals surface area contributed by atoms with Gasteiger partial charge < -0.3 is 20.2 Å². The van der Waals surface area contributed by atoms with Crippen molar-refractivity contribution in [3.63, 3.8) is 0 Å². The number of hydrogen-bond acceptors (Lipinski definition) is 4. The highest BCUT2D eigenvalue weighted by atomic mass is 16.3. The van der Waals surface area contributed by atoms with Crippen molar-refractivity contribution in [2.45, 2.75) is 46.1 Å². The van der Waals surface area contributed by atoms with Gasteiger partial charge >= 0.3 is 0 Å². The molecule has 1 aliphatic heterocycles. The van der Waals surface area contributed by atoms with Crippen molar-refractivity contribution in [2.75, 3.05) is 37.6 Å². The zero-order valence-electron chi connectivity index (χ0n) is 19.3. The van der Waals surface area contributed by atoms with E-state index in [0.29, 0.717) is 18.4 Å². The minimum atomic E-state index is 0.159. The van der Waals surface area contributed by atoms with Crippen LogP contribution in [0, 0.1) is 5.92 Å². The molecule has 2 atom stereocenters. The Morgan fingerprint density at radius 2 is 1.52 bits per heavy atom. The van der Waals surface area contributed by atoms with Gasteiger partial charge in [-0.2, -0.15) is 0 Å². The number of benzene rings is 2. The zero-order chi connectivity index (χ0) is 22.4. The molecule has 0 bridgehead atoms. The summed E-state index contributed by atoms with van der Waals surface area (Å²) >= 11 is 0. The van der Waals surface area contributed by atoms with E-state index in [2.05, 4.69) is 62.2 Å². The van der Waals surface area contributed by atoms with E-state index in [1.807, 2.05) is 17.0 Å². The van der Waals surface area contributed by atoms with Crippen LogP contribution in [0.5, 0.6) is 5.75 Å². The van der Waals surface area contributed by atoms with E-state index in [1.165, 1.54) is 11.1 Å². The Morgan fingerprint density at radius 3 is 2.06 bits per heavy atom. The summed E-state index contributed by atoms with van der Waals surface area (Å²) in [5, 5.41) is 13.0. The topological polar surface area (TPSA) is 55.8 Å². The molecular formula is C26H37N3O2. The van der Waals surface area contributed by atoms with Crippen LogP contribution < -0.4 is 10.2 Å². The van der Waals surface area contributed by atoms with Gasteiger partial charge in [-0.15, -0.1) is 0 Å². The minimum Gasteiger partial charge on any atom is -0.508 e. The number of phenolic OH excluding ortho intramolecular Hbond substituents is 1. The fourth-order valence-corrected chi connectivity index (χ4v) is 4.19. The number of phenols is 1. The summed E-state index contributed by atoms with van der Waals surface area (Å²) < 4.78 is 0. The molecule has 1 aliphatic rings. The Hall–Kier alpha value is -2.53. The maximum Gasteiger partial charge on any atom is 0.236 e. The largest absolute Gasteiger partial charge is 0.508 e. The van der Waals surface area contributed by atoms with Gasteiger partial charge in [-0.05, 0) is 53.6 Å². The van der Waals surface area contributed by atoms with Gasteiger partial charge in [0.2, 0.25) is 5.91 Å². The molecule has 31 heavy (non-hydrogen) atoms. The first-order chi connectivity index (χ1) is 14.9. The molecule has 0 unspecified atom stereocenters. The van der Waals surface area contributed by atoms with Crippen LogP contribution in [0.15, 0.2) is 48.5 Å². The van der Waals surface area contributed by atoms with Gasteiger partial charge in [0.05, 0.1) is 6.54 Å². The maximum absolute atomic E-state index is 12.8. The van der Waals surface area contributed by atoms with Gasteiger partial charge in [0.15, 0.2) is 0 Å². The van der Waals surface area contributed by atoms with E-state index < -0.39 is 0 Å². The molecule has 5 nitrogen and oxygen atoms in total. The highest BCUT2D eigenvalue weighted by Gasteiger charge is 2.23. The van der Waals surface area contributed by atoms with Gasteiger partial charge in [-0.25, -0.2) is 0 Å². The number of nitrogens with one attached hydrogen (secondary N) is 1. The van der Waals surface area contributed by atoms with Crippen LogP contribution in [0.2, 0.25) is 0 Å². The minimum absolute atomic E-state index is 0.159. The Balaban J connectivity index is 1.53. The van der Waals surface area contributed by atoms with E-state index in [4.69, 9.17) is 0 Å². The molecule has 2 aromatic rings. The number of piperazine rings is 1. The monoisotopic (exact) mass is 423 g/mol. The first-order valence-electron chi connectivity index (χ1n) is 11.5. The van der Waals surface area contributed by atoms with Crippen molar-refractivity contribution in [3.05, 3.63) is 59.7 Å². The highest BCUT2D eigenvalue weighted by molar-refractivity contribution is 5.78. The molecule has 168 valence electrons. The van der Waals surface area contributed by atoms with Crippen LogP contribution in [0.1, 0.15) is 57.2 Å². The fourth-order valence-electron chi connectivity index (χ4n) is 4.19. The first kappa shape index (κ1) is 23.1. The molecule has 5 heteroatoms. The molecule has 0 aromatic heterocycles. The number of amides is 1. The van der Waals surface area contributed by atoms with Gasteiger partial charge in [0.1, 0.15) is 5.75 Å². The Kier molecular flexibility index (Phi) is 7.97.